The molecule has 6 nitrogen and oxygen atoms in total. The Bertz CT molecular complexity index is 721. The van der Waals surface area contributed by atoms with Gasteiger partial charge in [0.05, 0.1) is 13.9 Å². The van der Waals surface area contributed by atoms with Crippen molar-refractivity contribution in [2.45, 2.75) is 6.61 Å². The van der Waals surface area contributed by atoms with Crippen LogP contribution in [0.5, 0.6) is 5.75 Å². The smallest absolute Gasteiger partial charge is 0.271 e. The predicted molar refractivity (Wildman–Crippen MR) is 81.8 cm³/mol. The van der Waals surface area contributed by atoms with Crippen molar-refractivity contribution in [2.24, 2.45) is 0 Å². The average Bonchev–Trinajstić information content (AvgIpc) is 2.46. The van der Waals surface area contributed by atoms with E-state index in [0.717, 1.165) is 5.56 Å². The number of pyridine rings is 1. The van der Waals surface area contributed by atoms with E-state index >= 15 is 0 Å². The van der Waals surface area contributed by atoms with E-state index in [1.165, 1.54) is 18.3 Å². The standard InChI is InChI=1S/C13H7Br2N3O3/c14-11-4-10(18(19)20)5-12(15)13(11)21-7-8-1-2-17-9(3-8)6-16/h1-5H,7H2. The summed E-state index contributed by atoms with van der Waals surface area (Å²) in [6.07, 6.45) is 1.52. The molecule has 1 heterocycles. The largest absolute Gasteiger partial charge is 0.487 e. The summed E-state index contributed by atoms with van der Waals surface area (Å²) < 4.78 is 6.58. The Kier molecular flexibility index (Phi) is 4.88. The highest BCUT2D eigenvalue weighted by molar-refractivity contribution is 9.11. The van der Waals surface area contributed by atoms with Crippen molar-refractivity contribution in [3.05, 3.63) is 60.8 Å². The molecule has 0 saturated heterocycles. The van der Waals surface area contributed by atoms with Crippen molar-refractivity contribution < 1.29 is 9.66 Å². The SMILES string of the molecule is N#Cc1cc(COc2c(Br)cc([N+](=O)[O-])cc2Br)ccn1. The lowest BCUT2D eigenvalue weighted by molar-refractivity contribution is -0.385. The quantitative estimate of drug-likeness (QED) is 0.559. The maximum atomic E-state index is 10.8. The molecule has 0 atom stereocenters. The Morgan fingerprint density at radius 1 is 1.33 bits per heavy atom. The number of nitro benzene ring substituents is 1. The predicted octanol–water partition coefficient (Wildman–Crippen LogP) is 3.97. The minimum Gasteiger partial charge on any atom is -0.487 e. The zero-order chi connectivity index (χ0) is 15.4. The van der Waals surface area contributed by atoms with Gasteiger partial charge in [-0.15, -0.1) is 0 Å². The topological polar surface area (TPSA) is 89.0 Å². The fourth-order valence-electron chi connectivity index (χ4n) is 1.57. The van der Waals surface area contributed by atoms with Gasteiger partial charge in [0.1, 0.15) is 24.1 Å². The second-order valence-corrected chi connectivity index (χ2v) is 5.65. The second-order valence-electron chi connectivity index (χ2n) is 3.95. The molecular weight excluding hydrogens is 406 g/mol. The average molecular weight is 413 g/mol. The highest BCUT2D eigenvalue weighted by Crippen LogP contribution is 2.37. The number of aromatic nitrogens is 1. The second kappa shape index (κ2) is 6.65. The molecule has 0 unspecified atom stereocenters. The lowest BCUT2D eigenvalue weighted by Gasteiger charge is -2.10. The first-order valence-electron chi connectivity index (χ1n) is 5.62. The summed E-state index contributed by atoms with van der Waals surface area (Å²) in [5.74, 6) is 0.455. The lowest BCUT2D eigenvalue weighted by atomic mass is 10.2. The summed E-state index contributed by atoms with van der Waals surface area (Å²) >= 11 is 6.49. The fraction of sp³-hybridized carbons (Fsp3) is 0.0769. The number of hydrogen-bond donors (Lipinski definition) is 0. The molecule has 0 saturated carbocycles. The Balaban J connectivity index is 2.20. The van der Waals surface area contributed by atoms with E-state index in [9.17, 15) is 10.1 Å². The summed E-state index contributed by atoms with van der Waals surface area (Å²) in [5, 5.41) is 19.5. The molecule has 2 rings (SSSR count). The van der Waals surface area contributed by atoms with Crippen LogP contribution in [0.15, 0.2) is 39.4 Å². The number of non-ortho nitro benzene ring substituents is 1. The molecule has 0 fully saturated rings. The molecule has 0 aliphatic rings. The van der Waals surface area contributed by atoms with Crippen molar-refractivity contribution in [1.29, 1.82) is 5.26 Å². The van der Waals surface area contributed by atoms with Gasteiger partial charge in [-0.05, 0) is 49.6 Å². The van der Waals surface area contributed by atoms with Gasteiger partial charge in [-0.3, -0.25) is 10.1 Å². The Hall–Kier alpha value is -1.98. The molecule has 0 spiro atoms. The van der Waals surface area contributed by atoms with Crippen LogP contribution in [-0.2, 0) is 6.61 Å². The molecule has 0 aliphatic heterocycles. The van der Waals surface area contributed by atoms with Crippen molar-refractivity contribution in [3.63, 3.8) is 0 Å². The van der Waals surface area contributed by atoms with Gasteiger partial charge in [0, 0.05) is 18.3 Å². The van der Waals surface area contributed by atoms with Crippen molar-refractivity contribution in [3.8, 4) is 11.8 Å². The molecular formula is C13H7Br2N3O3. The van der Waals surface area contributed by atoms with Gasteiger partial charge in [0.2, 0.25) is 0 Å². The molecule has 8 heteroatoms. The highest BCUT2D eigenvalue weighted by Gasteiger charge is 2.15. The van der Waals surface area contributed by atoms with E-state index < -0.39 is 4.92 Å². The Morgan fingerprint density at radius 2 is 2.00 bits per heavy atom. The van der Waals surface area contributed by atoms with Crippen LogP contribution in [-0.4, -0.2) is 9.91 Å². The first kappa shape index (κ1) is 15.4. The zero-order valence-corrected chi connectivity index (χ0v) is 13.6. The lowest BCUT2D eigenvalue weighted by Crippen LogP contribution is -1.99. The molecule has 0 aliphatic carbocycles. The summed E-state index contributed by atoms with van der Waals surface area (Å²) in [6, 6.07) is 8.03. The maximum Gasteiger partial charge on any atom is 0.271 e. The van der Waals surface area contributed by atoms with E-state index in [2.05, 4.69) is 36.8 Å². The van der Waals surface area contributed by atoms with Crippen LogP contribution in [0.25, 0.3) is 0 Å². The van der Waals surface area contributed by atoms with Crippen LogP contribution < -0.4 is 4.74 Å². The van der Waals surface area contributed by atoms with Crippen LogP contribution in [0, 0.1) is 21.4 Å². The van der Waals surface area contributed by atoms with Crippen LogP contribution in [0.3, 0.4) is 0 Å². The maximum absolute atomic E-state index is 10.8. The monoisotopic (exact) mass is 411 g/mol. The van der Waals surface area contributed by atoms with Crippen molar-refractivity contribution in [2.75, 3.05) is 0 Å². The van der Waals surface area contributed by atoms with Gasteiger partial charge in [-0.2, -0.15) is 5.26 Å². The van der Waals surface area contributed by atoms with Crippen molar-refractivity contribution >= 4 is 37.5 Å². The van der Waals surface area contributed by atoms with Gasteiger partial charge in [0.25, 0.3) is 5.69 Å². The van der Waals surface area contributed by atoms with Gasteiger partial charge < -0.3 is 4.74 Å². The molecule has 0 N–H and O–H groups in total. The minimum atomic E-state index is -0.485. The molecule has 1 aromatic heterocycles. The van der Waals surface area contributed by atoms with Crippen molar-refractivity contribution in [1.82, 2.24) is 4.98 Å². The van der Waals surface area contributed by atoms with E-state index in [1.807, 2.05) is 6.07 Å². The third kappa shape index (κ3) is 3.77. The van der Waals surface area contributed by atoms with Gasteiger partial charge in [0.15, 0.2) is 0 Å². The third-order valence-corrected chi connectivity index (χ3v) is 3.69. The van der Waals surface area contributed by atoms with Crippen LogP contribution in [0.2, 0.25) is 0 Å². The number of nitro groups is 1. The van der Waals surface area contributed by atoms with E-state index in [0.29, 0.717) is 20.4 Å². The normalized spacial score (nSPS) is 9.95. The summed E-state index contributed by atoms with van der Waals surface area (Å²) in [7, 11) is 0. The summed E-state index contributed by atoms with van der Waals surface area (Å²) in [4.78, 5) is 14.1. The summed E-state index contributed by atoms with van der Waals surface area (Å²) in [5.41, 5.74) is 1.04. The molecule has 0 amide bonds. The Morgan fingerprint density at radius 3 is 2.57 bits per heavy atom. The van der Waals surface area contributed by atoms with Crippen LogP contribution >= 0.6 is 31.9 Å². The Labute approximate surface area is 136 Å². The molecule has 106 valence electrons. The molecule has 2 aromatic rings. The first-order valence-corrected chi connectivity index (χ1v) is 7.21. The molecule has 0 radical (unpaired) electrons. The van der Waals surface area contributed by atoms with Gasteiger partial charge >= 0.3 is 0 Å². The molecule has 21 heavy (non-hydrogen) atoms. The number of ether oxygens (including phenoxy) is 1. The zero-order valence-electron chi connectivity index (χ0n) is 10.4. The molecule has 0 bridgehead atoms. The third-order valence-electron chi connectivity index (χ3n) is 2.52. The van der Waals surface area contributed by atoms with Crippen LogP contribution in [0.1, 0.15) is 11.3 Å². The van der Waals surface area contributed by atoms with E-state index in [1.54, 1.807) is 12.1 Å². The number of nitriles is 1. The number of halogens is 2. The molecule has 1 aromatic carbocycles. The van der Waals surface area contributed by atoms with E-state index in [4.69, 9.17) is 10.00 Å². The fourth-order valence-corrected chi connectivity index (χ4v) is 2.96. The first-order chi connectivity index (χ1) is 10.0. The van der Waals surface area contributed by atoms with Gasteiger partial charge in [-0.25, -0.2) is 4.98 Å². The van der Waals surface area contributed by atoms with Gasteiger partial charge in [-0.1, -0.05) is 0 Å². The summed E-state index contributed by atoms with van der Waals surface area (Å²) in [6.45, 7) is 0.214. The minimum absolute atomic E-state index is 0.0447. The number of benzene rings is 1. The van der Waals surface area contributed by atoms with E-state index in [-0.39, 0.29) is 12.3 Å². The van der Waals surface area contributed by atoms with Crippen LogP contribution in [0.4, 0.5) is 5.69 Å². The number of rotatable bonds is 4. The number of nitrogens with zero attached hydrogens (tertiary/aromatic N) is 3. The number of hydrogen-bond acceptors (Lipinski definition) is 5. The highest BCUT2D eigenvalue weighted by atomic mass is 79.9.